The fourth-order valence-corrected chi connectivity index (χ4v) is 1.63. The van der Waals surface area contributed by atoms with Crippen molar-refractivity contribution in [2.24, 2.45) is 0 Å². The fourth-order valence-electron chi connectivity index (χ4n) is 1.37. The molecule has 2 rings (SSSR count). The van der Waals surface area contributed by atoms with Gasteiger partial charge in [0.2, 0.25) is 5.82 Å². The van der Waals surface area contributed by atoms with E-state index in [4.69, 9.17) is 11.6 Å². The Labute approximate surface area is 105 Å². The van der Waals surface area contributed by atoms with Crippen molar-refractivity contribution < 1.29 is 13.2 Å². The third-order valence-electron chi connectivity index (χ3n) is 2.12. The Hall–Kier alpha value is -1.76. The number of alkyl halides is 3. The van der Waals surface area contributed by atoms with Crippen LogP contribution in [0, 0.1) is 6.92 Å². The lowest BCUT2D eigenvalue weighted by Crippen LogP contribution is -2.09. The van der Waals surface area contributed by atoms with E-state index in [1.54, 1.807) is 0 Å². The lowest BCUT2D eigenvalue weighted by molar-refractivity contribution is -0.137. The molecule has 0 saturated heterocycles. The Morgan fingerprint density at radius 2 is 1.67 bits per heavy atom. The number of rotatable bonds is 1. The van der Waals surface area contributed by atoms with Crippen molar-refractivity contribution in [1.29, 1.82) is 0 Å². The maximum absolute atomic E-state index is 12.8. The van der Waals surface area contributed by atoms with Crippen LogP contribution in [0.3, 0.4) is 0 Å². The van der Waals surface area contributed by atoms with E-state index in [9.17, 15) is 13.2 Å². The van der Waals surface area contributed by atoms with Crippen LogP contribution in [-0.4, -0.2) is 20.4 Å². The fraction of sp³-hybridized carbons (Fsp3) is 0.200. The smallest absolute Gasteiger partial charge is 0.166 e. The second kappa shape index (κ2) is 4.49. The van der Waals surface area contributed by atoms with Crippen LogP contribution >= 0.6 is 11.6 Å². The molecular weight excluding hydrogens is 269 g/mol. The molecule has 1 heterocycles. The zero-order chi connectivity index (χ0) is 13.3. The van der Waals surface area contributed by atoms with Crippen molar-refractivity contribution in [2.75, 3.05) is 0 Å². The van der Waals surface area contributed by atoms with Crippen molar-refractivity contribution >= 4 is 11.6 Å². The number of aryl methyl sites for hydroxylation is 1. The van der Waals surface area contributed by atoms with Gasteiger partial charge in [0.25, 0.3) is 0 Å². The van der Waals surface area contributed by atoms with Crippen LogP contribution in [0.15, 0.2) is 18.2 Å². The summed E-state index contributed by atoms with van der Waals surface area (Å²) in [5.74, 6) is 0.0119. The molecule has 1 aromatic carbocycles. The van der Waals surface area contributed by atoms with E-state index in [-0.39, 0.29) is 22.2 Å². The standard InChI is InChI=1S/C10H6ClF3N4/c1-5-15-17-9(18-16-5)8-6(10(12,13)14)3-2-4-7(8)11/h2-4H,1H3. The molecule has 94 valence electrons. The topological polar surface area (TPSA) is 51.6 Å². The van der Waals surface area contributed by atoms with E-state index in [1.807, 2.05) is 0 Å². The van der Waals surface area contributed by atoms with Gasteiger partial charge in [0, 0.05) is 0 Å². The minimum absolute atomic E-state index is 0.0997. The maximum atomic E-state index is 12.8. The number of halogens is 4. The number of nitrogens with zero attached hydrogens (tertiary/aromatic N) is 4. The Morgan fingerprint density at radius 1 is 1.06 bits per heavy atom. The van der Waals surface area contributed by atoms with Crippen LogP contribution in [0.25, 0.3) is 11.4 Å². The van der Waals surface area contributed by atoms with Gasteiger partial charge in [-0.2, -0.15) is 13.2 Å². The first kappa shape index (κ1) is 12.7. The normalized spacial score (nSPS) is 11.6. The van der Waals surface area contributed by atoms with E-state index >= 15 is 0 Å². The third kappa shape index (κ3) is 2.40. The molecule has 1 aromatic heterocycles. The summed E-state index contributed by atoms with van der Waals surface area (Å²) in [6, 6.07) is 3.45. The maximum Gasteiger partial charge on any atom is 0.417 e. The summed E-state index contributed by atoms with van der Waals surface area (Å²) in [4.78, 5) is 0. The van der Waals surface area contributed by atoms with Gasteiger partial charge in [-0.3, -0.25) is 0 Å². The first-order valence-corrected chi connectivity index (χ1v) is 5.17. The van der Waals surface area contributed by atoms with Gasteiger partial charge in [-0.1, -0.05) is 17.7 Å². The van der Waals surface area contributed by atoms with E-state index in [2.05, 4.69) is 20.4 Å². The Balaban J connectivity index is 2.66. The summed E-state index contributed by atoms with van der Waals surface area (Å²) in [7, 11) is 0. The van der Waals surface area contributed by atoms with E-state index in [0.717, 1.165) is 6.07 Å². The SMILES string of the molecule is Cc1nnc(-c2c(Cl)cccc2C(F)(F)F)nn1. The molecule has 0 bridgehead atoms. The van der Waals surface area contributed by atoms with Crippen LogP contribution in [0.1, 0.15) is 11.4 Å². The van der Waals surface area contributed by atoms with E-state index in [1.165, 1.54) is 19.1 Å². The molecule has 0 aliphatic carbocycles. The molecule has 0 saturated carbocycles. The summed E-state index contributed by atoms with van der Waals surface area (Å²) < 4.78 is 38.5. The van der Waals surface area contributed by atoms with E-state index in [0.29, 0.717) is 0 Å². The zero-order valence-corrected chi connectivity index (χ0v) is 9.79. The van der Waals surface area contributed by atoms with Crippen molar-refractivity contribution in [2.45, 2.75) is 13.1 Å². The molecule has 0 amide bonds. The van der Waals surface area contributed by atoms with Gasteiger partial charge >= 0.3 is 6.18 Å². The quantitative estimate of drug-likeness (QED) is 0.802. The van der Waals surface area contributed by atoms with Gasteiger partial charge in [0.15, 0.2) is 5.82 Å². The number of benzene rings is 1. The molecule has 0 atom stereocenters. The highest BCUT2D eigenvalue weighted by molar-refractivity contribution is 6.33. The Kier molecular flexibility index (Phi) is 3.16. The summed E-state index contributed by atoms with van der Waals surface area (Å²) in [6.45, 7) is 1.53. The number of hydrogen-bond donors (Lipinski definition) is 0. The van der Waals surface area contributed by atoms with Crippen LogP contribution in [0.2, 0.25) is 5.02 Å². The summed E-state index contributed by atoms with van der Waals surface area (Å²) in [5.41, 5.74) is -1.23. The Bertz CT molecular complexity index is 568. The van der Waals surface area contributed by atoms with Crippen molar-refractivity contribution in [3.05, 3.63) is 34.6 Å². The molecule has 4 nitrogen and oxygen atoms in total. The summed E-state index contributed by atoms with van der Waals surface area (Å²) in [6.07, 6.45) is -4.55. The molecule has 0 radical (unpaired) electrons. The first-order valence-electron chi connectivity index (χ1n) is 4.79. The van der Waals surface area contributed by atoms with Crippen molar-refractivity contribution in [3.8, 4) is 11.4 Å². The minimum atomic E-state index is -4.55. The highest BCUT2D eigenvalue weighted by Gasteiger charge is 2.35. The monoisotopic (exact) mass is 274 g/mol. The van der Waals surface area contributed by atoms with E-state index < -0.39 is 11.7 Å². The summed E-state index contributed by atoms with van der Waals surface area (Å²) >= 11 is 5.77. The molecule has 8 heteroatoms. The molecule has 0 spiro atoms. The second-order valence-corrected chi connectivity index (χ2v) is 3.84. The molecule has 0 aliphatic rings. The van der Waals surface area contributed by atoms with Gasteiger partial charge in [-0.25, -0.2) is 0 Å². The highest BCUT2D eigenvalue weighted by Crippen LogP contribution is 2.39. The molecule has 0 unspecified atom stereocenters. The number of aromatic nitrogens is 4. The van der Waals surface area contributed by atoms with Crippen molar-refractivity contribution in [1.82, 2.24) is 20.4 Å². The Morgan fingerprint density at radius 3 is 2.22 bits per heavy atom. The van der Waals surface area contributed by atoms with Gasteiger partial charge in [0.1, 0.15) is 0 Å². The molecule has 0 aliphatic heterocycles. The average Bonchev–Trinajstić information content (AvgIpc) is 2.29. The predicted octanol–water partition coefficient (Wildman–Crippen LogP) is 2.91. The van der Waals surface area contributed by atoms with Crippen LogP contribution in [0.4, 0.5) is 13.2 Å². The average molecular weight is 275 g/mol. The highest BCUT2D eigenvalue weighted by atomic mass is 35.5. The largest absolute Gasteiger partial charge is 0.417 e. The van der Waals surface area contributed by atoms with Gasteiger partial charge in [0.05, 0.1) is 16.1 Å². The van der Waals surface area contributed by atoms with Gasteiger partial charge in [-0.05, 0) is 19.1 Å². The number of hydrogen-bond acceptors (Lipinski definition) is 4. The third-order valence-corrected chi connectivity index (χ3v) is 2.44. The molecule has 0 N–H and O–H groups in total. The lowest BCUT2D eigenvalue weighted by Gasteiger charge is -2.12. The van der Waals surface area contributed by atoms with Gasteiger partial charge in [-0.15, -0.1) is 20.4 Å². The first-order chi connectivity index (χ1) is 8.39. The molecule has 0 fully saturated rings. The summed E-state index contributed by atoms with van der Waals surface area (Å²) in [5, 5.41) is 14.2. The van der Waals surface area contributed by atoms with Crippen LogP contribution < -0.4 is 0 Å². The minimum Gasteiger partial charge on any atom is -0.166 e. The van der Waals surface area contributed by atoms with Crippen molar-refractivity contribution in [3.63, 3.8) is 0 Å². The molecule has 18 heavy (non-hydrogen) atoms. The predicted molar refractivity (Wildman–Crippen MR) is 57.8 cm³/mol. The van der Waals surface area contributed by atoms with Crippen LogP contribution in [0.5, 0.6) is 0 Å². The van der Waals surface area contributed by atoms with Gasteiger partial charge < -0.3 is 0 Å². The van der Waals surface area contributed by atoms with Crippen LogP contribution in [-0.2, 0) is 6.18 Å². The lowest BCUT2D eigenvalue weighted by atomic mass is 10.1. The second-order valence-electron chi connectivity index (χ2n) is 3.43. The molecular formula is C10H6ClF3N4. The molecule has 2 aromatic rings. The zero-order valence-electron chi connectivity index (χ0n) is 9.03.